The van der Waals surface area contributed by atoms with Gasteiger partial charge in [0.15, 0.2) is 5.82 Å². The van der Waals surface area contributed by atoms with Crippen molar-refractivity contribution in [2.45, 2.75) is 24.2 Å². The van der Waals surface area contributed by atoms with Gasteiger partial charge in [-0.1, -0.05) is 28.9 Å². The zero-order chi connectivity index (χ0) is 22.8. The maximum atomic E-state index is 6.48. The number of benzene rings is 1. The first-order chi connectivity index (χ1) is 16.1. The van der Waals surface area contributed by atoms with E-state index >= 15 is 0 Å². The van der Waals surface area contributed by atoms with Gasteiger partial charge in [-0.15, -0.1) is 11.8 Å². The number of halogens is 1. The van der Waals surface area contributed by atoms with Gasteiger partial charge in [-0.2, -0.15) is 10.1 Å². The molecule has 0 spiro atoms. The molecule has 8 nitrogen and oxygen atoms in total. The van der Waals surface area contributed by atoms with Gasteiger partial charge in [-0.25, -0.2) is 4.98 Å². The number of hydrogen-bond acceptors (Lipinski definition) is 8. The maximum absolute atomic E-state index is 6.48. The van der Waals surface area contributed by atoms with E-state index in [2.05, 4.69) is 26.3 Å². The van der Waals surface area contributed by atoms with Crippen LogP contribution in [0.2, 0.25) is 5.02 Å². The lowest BCUT2D eigenvalue weighted by molar-refractivity contribution is 0.306. The first kappa shape index (κ1) is 21.4. The summed E-state index contributed by atoms with van der Waals surface area (Å²) >= 11 is 8.00. The van der Waals surface area contributed by atoms with E-state index in [0.29, 0.717) is 22.3 Å². The Labute approximate surface area is 199 Å². The maximum Gasteiger partial charge on any atom is 0.213 e. The van der Waals surface area contributed by atoms with E-state index < -0.39 is 0 Å². The molecule has 33 heavy (non-hydrogen) atoms. The molecule has 0 saturated heterocycles. The third-order valence-electron chi connectivity index (χ3n) is 5.13. The van der Waals surface area contributed by atoms with E-state index in [4.69, 9.17) is 25.8 Å². The Balaban J connectivity index is 1.46. The second kappa shape index (κ2) is 9.21. The molecule has 166 valence electrons. The summed E-state index contributed by atoms with van der Waals surface area (Å²) in [5.41, 5.74) is 4.60. The van der Waals surface area contributed by atoms with E-state index in [-0.39, 0.29) is 6.61 Å². The van der Waals surface area contributed by atoms with Gasteiger partial charge in [0.25, 0.3) is 0 Å². The van der Waals surface area contributed by atoms with Crippen molar-refractivity contribution >= 4 is 34.3 Å². The normalized spacial score (nSPS) is 11.2. The lowest BCUT2D eigenvalue weighted by Crippen LogP contribution is -2.02. The molecule has 0 amide bonds. The Kier molecular flexibility index (Phi) is 5.97. The molecule has 1 aromatic carbocycles. The summed E-state index contributed by atoms with van der Waals surface area (Å²) in [6, 6.07) is 9.99. The molecule has 5 rings (SSSR count). The summed E-state index contributed by atoms with van der Waals surface area (Å²) in [6.45, 7) is 2.24. The van der Waals surface area contributed by atoms with Gasteiger partial charge in [-0.05, 0) is 25.1 Å². The van der Waals surface area contributed by atoms with Crippen LogP contribution in [0, 0.1) is 6.92 Å². The minimum atomic E-state index is 0.270. The van der Waals surface area contributed by atoms with Gasteiger partial charge in [0.2, 0.25) is 6.39 Å². The first-order valence-electron chi connectivity index (χ1n) is 10.1. The Hall–Kier alpha value is -3.43. The van der Waals surface area contributed by atoms with Crippen molar-refractivity contribution in [2.75, 3.05) is 0 Å². The fourth-order valence-corrected chi connectivity index (χ4v) is 4.73. The second-order valence-electron chi connectivity index (χ2n) is 7.33. The van der Waals surface area contributed by atoms with Crippen LogP contribution in [-0.2, 0) is 19.4 Å². The average Bonchev–Trinajstić information content (AvgIpc) is 3.48. The van der Waals surface area contributed by atoms with E-state index in [0.717, 1.165) is 38.3 Å². The van der Waals surface area contributed by atoms with Gasteiger partial charge in [0.1, 0.15) is 17.9 Å². The van der Waals surface area contributed by atoms with Crippen LogP contribution >= 0.6 is 23.4 Å². The van der Waals surface area contributed by atoms with E-state index in [1.807, 2.05) is 42.9 Å². The van der Waals surface area contributed by atoms with Crippen molar-refractivity contribution < 1.29 is 9.26 Å². The predicted molar refractivity (Wildman–Crippen MR) is 126 cm³/mol. The minimum Gasteiger partial charge on any atom is -0.487 e. The Morgan fingerprint density at radius 1 is 1.21 bits per heavy atom. The molecular formula is C23H19ClN6O2S. The smallest absolute Gasteiger partial charge is 0.213 e. The number of thioether (sulfide) groups is 1. The number of rotatable bonds is 7. The van der Waals surface area contributed by atoms with Crippen LogP contribution in [0.25, 0.3) is 22.2 Å². The fourth-order valence-electron chi connectivity index (χ4n) is 3.57. The number of hydrogen-bond donors (Lipinski definition) is 0. The van der Waals surface area contributed by atoms with Gasteiger partial charge in [0, 0.05) is 52.7 Å². The summed E-state index contributed by atoms with van der Waals surface area (Å²) in [4.78, 5) is 13.9. The Morgan fingerprint density at radius 2 is 2.12 bits per heavy atom. The molecule has 5 aromatic rings. The van der Waals surface area contributed by atoms with Crippen LogP contribution in [0.4, 0.5) is 0 Å². The molecule has 0 fully saturated rings. The van der Waals surface area contributed by atoms with E-state index in [1.165, 1.54) is 18.2 Å². The number of nitrogens with zero attached hydrogens (tertiary/aromatic N) is 6. The molecule has 10 heteroatoms. The number of fused-ring (bicyclic) bond motifs is 1. The van der Waals surface area contributed by atoms with Gasteiger partial charge >= 0.3 is 0 Å². The molecule has 0 aliphatic heterocycles. The minimum absolute atomic E-state index is 0.270. The van der Waals surface area contributed by atoms with E-state index in [9.17, 15) is 0 Å². The van der Waals surface area contributed by atoms with Crippen LogP contribution in [0.3, 0.4) is 0 Å². The molecule has 0 N–H and O–H groups in total. The number of para-hydroxylation sites is 1. The summed E-state index contributed by atoms with van der Waals surface area (Å²) in [5.74, 6) is 1.82. The lowest BCUT2D eigenvalue weighted by Gasteiger charge is -2.14. The number of pyridine rings is 2. The number of ether oxygens (including phenoxy) is 1. The summed E-state index contributed by atoms with van der Waals surface area (Å²) in [7, 11) is 1.93. The number of aromatic nitrogens is 6. The monoisotopic (exact) mass is 478 g/mol. The van der Waals surface area contributed by atoms with Crippen LogP contribution < -0.4 is 4.74 Å². The highest BCUT2D eigenvalue weighted by Gasteiger charge is 2.15. The fraction of sp³-hybridized carbons (Fsp3) is 0.174. The Bertz CT molecular complexity index is 1420. The quantitative estimate of drug-likeness (QED) is 0.293. The van der Waals surface area contributed by atoms with Crippen molar-refractivity contribution in [3.63, 3.8) is 0 Å². The zero-order valence-electron chi connectivity index (χ0n) is 17.9. The van der Waals surface area contributed by atoms with Crippen molar-refractivity contribution in [1.82, 2.24) is 29.9 Å². The zero-order valence-corrected chi connectivity index (χ0v) is 19.5. The van der Waals surface area contributed by atoms with Gasteiger partial charge in [-0.3, -0.25) is 9.67 Å². The van der Waals surface area contributed by atoms with Crippen molar-refractivity contribution in [1.29, 1.82) is 0 Å². The largest absolute Gasteiger partial charge is 0.487 e. The third kappa shape index (κ3) is 4.42. The summed E-state index contributed by atoms with van der Waals surface area (Å²) in [5, 5.41) is 9.69. The van der Waals surface area contributed by atoms with Crippen molar-refractivity contribution in [2.24, 2.45) is 7.05 Å². The van der Waals surface area contributed by atoms with Crippen LogP contribution in [0.5, 0.6) is 5.75 Å². The topological polar surface area (TPSA) is 91.8 Å². The highest BCUT2D eigenvalue weighted by molar-refractivity contribution is 7.98. The molecule has 0 radical (unpaired) electrons. The molecule has 0 atom stereocenters. The van der Waals surface area contributed by atoms with Gasteiger partial charge in [0.05, 0.1) is 16.5 Å². The lowest BCUT2D eigenvalue weighted by atomic mass is 10.0. The molecule has 4 aromatic heterocycles. The highest BCUT2D eigenvalue weighted by atomic mass is 35.5. The van der Waals surface area contributed by atoms with Crippen molar-refractivity contribution in [3.8, 4) is 17.0 Å². The van der Waals surface area contributed by atoms with Crippen molar-refractivity contribution in [3.05, 3.63) is 77.4 Å². The molecule has 0 aliphatic carbocycles. The van der Waals surface area contributed by atoms with Crippen LogP contribution in [-0.4, -0.2) is 29.9 Å². The molecule has 0 unspecified atom stereocenters. The second-order valence-corrected chi connectivity index (χ2v) is 8.75. The first-order valence-corrected chi connectivity index (χ1v) is 11.5. The summed E-state index contributed by atoms with van der Waals surface area (Å²) < 4.78 is 12.9. The number of aryl methyl sites for hydroxylation is 2. The molecule has 0 bridgehead atoms. The van der Waals surface area contributed by atoms with E-state index in [1.54, 1.807) is 18.6 Å². The average molecular weight is 479 g/mol. The highest BCUT2D eigenvalue weighted by Crippen LogP contribution is 2.35. The molecule has 0 saturated carbocycles. The SMILES string of the molecule is Cc1cc(-c2ccnn2C)c2cccc(OCc3c(Cl)cncc3SCc3ncon3)c2n1. The van der Waals surface area contributed by atoms with Crippen LogP contribution in [0.15, 0.2) is 64.7 Å². The van der Waals surface area contributed by atoms with Crippen LogP contribution in [0.1, 0.15) is 17.1 Å². The molecule has 0 aliphatic rings. The summed E-state index contributed by atoms with van der Waals surface area (Å²) in [6.07, 6.45) is 6.48. The Morgan fingerprint density at radius 3 is 2.91 bits per heavy atom. The van der Waals surface area contributed by atoms with Gasteiger partial charge < -0.3 is 9.26 Å². The predicted octanol–water partition coefficient (Wildman–Crippen LogP) is 5.25. The molecule has 4 heterocycles. The standard InChI is InChI=1S/C23H19ClN6O2S/c1-14-8-16(19-6-7-27-30(19)2)15-4-3-5-20(23(15)28-14)31-11-17-18(24)9-25-10-21(17)33-12-22-26-13-32-29-22/h3-10,13H,11-12H2,1-2H3. The third-order valence-corrected chi connectivity index (χ3v) is 6.52. The molecular weight excluding hydrogens is 460 g/mol.